The number of aliphatic hydroxyl groups excluding tert-OH is 2. The van der Waals surface area contributed by atoms with Gasteiger partial charge in [-0.2, -0.15) is 0 Å². The number of hydrazine groups is 1. The Morgan fingerprint density at radius 3 is 2.44 bits per heavy atom. The minimum absolute atomic E-state index is 0.00149. The first-order chi connectivity index (χ1) is 8.74. The lowest BCUT2D eigenvalue weighted by molar-refractivity contribution is 0.280. The lowest BCUT2D eigenvalue weighted by Crippen LogP contribution is -2.31. The summed E-state index contributed by atoms with van der Waals surface area (Å²) in [6.07, 6.45) is 1.70. The van der Waals surface area contributed by atoms with E-state index in [0.29, 0.717) is 30.5 Å². The molecule has 102 valence electrons. The first-order valence-corrected chi connectivity index (χ1v) is 6.06. The molecule has 1 rings (SSSR count). The van der Waals surface area contributed by atoms with Crippen molar-refractivity contribution in [3.63, 3.8) is 0 Å². The fourth-order valence-corrected chi connectivity index (χ4v) is 1.64. The van der Waals surface area contributed by atoms with Crippen LogP contribution in [0.25, 0.3) is 0 Å². The van der Waals surface area contributed by atoms with Crippen LogP contribution in [-0.4, -0.2) is 46.5 Å². The molecule has 0 spiro atoms. The highest BCUT2D eigenvalue weighted by Crippen LogP contribution is 2.15. The van der Waals surface area contributed by atoms with Gasteiger partial charge in [0.2, 0.25) is 0 Å². The van der Waals surface area contributed by atoms with E-state index in [9.17, 15) is 0 Å². The third kappa shape index (κ3) is 4.10. The van der Waals surface area contributed by atoms with E-state index < -0.39 is 0 Å². The largest absolute Gasteiger partial charge is 0.395 e. The summed E-state index contributed by atoms with van der Waals surface area (Å²) < 4.78 is 0. The van der Waals surface area contributed by atoms with Crippen LogP contribution in [0.3, 0.4) is 0 Å². The smallest absolute Gasteiger partial charge is 0.145 e. The Morgan fingerprint density at radius 1 is 1.28 bits per heavy atom. The third-order valence-electron chi connectivity index (χ3n) is 2.44. The fourth-order valence-electron chi connectivity index (χ4n) is 1.64. The van der Waals surface area contributed by atoms with Crippen molar-refractivity contribution in [1.29, 1.82) is 0 Å². The zero-order chi connectivity index (χ0) is 13.4. The lowest BCUT2D eigenvalue weighted by Gasteiger charge is -2.22. The van der Waals surface area contributed by atoms with Gasteiger partial charge in [0, 0.05) is 25.6 Å². The number of hydrogen-bond acceptors (Lipinski definition) is 7. The molecule has 0 unspecified atom stereocenters. The number of nitrogens with zero attached hydrogens (tertiary/aromatic N) is 3. The Morgan fingerprint density at radius 2 is 1.94 bits per heavy atom. The molecule has 1 aromatic rings. The van der Waals surface area contributed by atoms with Crippen LogP contribution in [0.2, 0.25) is 0 Å². The second-order valence-corrected chi connectivity index (χ2v) is 3.86. The summed E-state index contributed by atoms with van der Waals surface area (Å²) in [5.74, 6) is 7.26. The summed E-state index contributed by atoms with van der Waals surface area (Å²) >= 11 is 0. The molecule has 0 aromatic carbocycles. The summed E-state index contributed by atoms with van der Waals surface area (Å²) in [4.78, 5) is 10.4. The van der Waals surface area contributed by atoms with E-state index in [1.807, 2.05) is 6.92 Å². The average molecular weight is 255 g/mol. The van der Waals surface area contributed by atoms with Crippen LogP contribution in [0.1, 0.15) is 19.2 Å². The molecule has 7 heteroatoms. The molecule has 18 heavy (non-hydrogen) atoms. The summed E-state index contributed by atoms with van der Waals surface area (Å²) in [6.45, 7) is 2.86. The van der Waals surface area contributed by atoms with Gasteiger partial charge in [-0.15, -0.1) is 0 Å². The molecule has 0 aliphatic carbocycles. The molecule has 1 aromatic heterocycles. The van der Waals surface area contributed by atoms with E-state index in [2.05, 4.69) is 15.4 Å². The van der Waals surface area contributed by atoms with Crippen LogP contribution in [0.4, 0.5) is 11.6 Å². The number of anilines is 2. The molecule has 0 aliphatic heterocycles. The van der Waals surface area contributed by atoms with Gasteiger partial charge in [0.15, 0.2) is 0 Å². The van der Waals surface area contributed by atoms with Gasteiger partial charge in [-0.3, -0.25) is 0 Å². The molecule has 0 amide bonds. The fraction of sp³-hybridized carbons (Fsp3) is 0.636. The van der Waals surface area contributed by atoms with Crippen molar-refractivity contribution in [3.8, 4) is 0 Å². The number of hydrogen-bond donors (Lipinski definition) is 4. The van der Waals surface area contributed by atoms with Crippen molar-refractivity contribution in [2.45, 2.75) is 19.8 Å². The van der Waals surface area contributed by atoms with Gasteiger partial charge >= 0.3 is 0 Å². The Labute approximate surface area is 107 Å². The maximum absolute atomic E-state index is 9.02. The SMILES string of the molecule is CCCc1nc(NN)cc(N(CCO)CCO)n1. The number of aryl methyl sites for hydroxylation is 1. The molecular formula is C11H21N5O2. The Bertz CT molecular complexity index is 355. The van der Waals surface area contributed by atoms with Crippen molar-refractivity contribution in [3.05, 3.63) is 11.9 Å². The maximum Gasteiger partial charge on any atom is 0.145 e. The van der Waals surface area contributed by atoms with E-state index in [4.69, 9.17) is 16.1 Å². The molecular weight excluding hydrogens is 234 g/mol. The number of aliphatic hydroxyl groups is 2. The van der Waals surface area contributed by atoms with E-state index >= 15 is 0 Å². The van der Waals surface area contributed by atoms with Gasteiger partial charge < -0.3 is 20.5 Å². The summed E-state index contributed by atoms with van der Waals surface area (Å²) in [5.41, 5.74) is 2.50. The topological polar surface area (TPSA) is 108 Å². The van der Waals surface area contributed by atoms with Crippen molar-refractivity contribution in [2.75, 3.05) is 36.6 Å². The molecule has 5 N–H and O–H groups in total. The quantitative estimate of drug-likeness (QED) is 0.366. The number of nitrogens with two attached hydrogens (primary N) is 1. The number of aromatic nitrogens is 2. The summed E-state index contributed by atoms with van der Waals surface area (Å²) in [5, 5.41) is 18.0. The minimum atomic E-state index is -0.00149. The average Bonchev–Trinajstić information content (AvgIpc) is 2.38. The highest BCUT2D eigenvalue weighted by Gasteiger charge is 2.10. The molecule has 0 aliphatic rings. The van der Waals surface area contributed by atoms with Crippen molar-refractivity contribution in [1.82, 2.24) is 9.97 Å². The normalized spacial score (nSPS) is 10.4. The monoisotopic (exact) mass is 255 g/mol. The molecule has 0 bridgehead atoms. The van der Waals surface area contributed by atoms with Crippen LogP contribution >= 0.6 is 0 Å². The van der Waals surface area contributed by atoms with Gasteiger partial charge in [-0.1, -0.05) is 6.92 Å². The first-order valence-electron chi connectivity index (χ1n) is 6.06. The predicted molar refractivity (Wildman–Crippen MR) is 70.2 cm³/mol. The number of rotatable bonds is 8. The van der Waals surface area contributed by atoms with Crippen molar-refractivity contribution in [2.24, 2.45) is 5.84 Å². The summed E-state index contributed by atoms with van der Waals surface area (Å²) in [6, 6.07) is 1.70. The molecule has 0 saturated carbocycles. The second kappa shape index (κ2) is 7.80. The standard InChI is InChI=1S/C11H21N5O2/c1-2-3-9-13-10(15-12)8-11(14-9)16(4-6-17)5-7-18/h8,17-18H,2-7,12H2,1H3,(H,13,14,15). The lowest BCUT2D eigenvalue weighted by atomic mass is 10.3. The number of nitrogen functional groups attached to an aromatic ring is 1. The van der Waals surface area contributed by atoms with Gasteiger partial charge in [-0.25, -0.2) is 15.8 Å². The maximum atomic E-state index is 9.02. The second-order valence-electron chi connectivity index (χ2n) is 3.86. The molecule has 0 radical (unpaired) electrons. The third-order valence-corrected chi connectivity index (χ3v) is 2.44. The van der Waals surface area contributed by atoms with Gasteiger partial charge in [0.25, 0.3) is 0 Å². The Kier molecular flexibility index (Phi) is 6.34. The zero-order valence-corrected chi connectivity index (χ0v) is 10.6. The highest BCUT2D eigenvalue weighted by molar-refractivity contribution is 5.48. The molecule has 0 fully saturated rings. The van der Waals surface area contributed by atoms with E-state index in [1.54, 1.807) is 11.0 Å². The van der Waals surface area contributed by atoms with E-state index in [1.165, 1.54) is 0 Å². The zero-order valence-electron chi connectivity index (χ0n) is 10.6. The van der Waals surface area contributed by atoms with Gasteiger partial charge in [0.1, 0.15) is 17.5 Å². The molecule has 7 nitrogen and oxygen atoms in total. The summed E-state index contributed by atoms with van der Waals surface area (Å²) in [7, 11) is 0. The van der Waals surface area contributed by atoms with Gasteiger partial charge in [-0.05, 0) is 6.42 Å². The molecule has 0 atom stereocenters. The molecule has 1 heterocycles. The van der Waals surface area contributed by atoms with Crippen LogP contribution in [0.15, 0.2) is 6.07 Å². The predicted octanol–water partition coefficient (Wildman–Crippen LogP) is -0.494. The van der Waals surface area contributed by atoms with E-state index in [0.717, 1.165) is 12.8 Å². The first kappa shape index (κ1) is 14.6. The Balaban J connectivity index is 2.99. The van der Waals surface area contributed by atoms with Crippen LogP contribution < -0.4 is 16.2 Å². The Hall–Kier alpha value is -1.44. The van der Waals surface area contributed by atoms with Crippen LogP contribution in [0.5, 0.6) is 0 Å². The highest BCUT2D eigenvalue weighted by atomic mass is 16.3. The van der Waals surface area contributed by atoms with Crippen molar-refractivity contribution < 1.29 is 10.2 Å². The van der Waals surface area contributed by atoms with Crippen molar-refractivity contribution >= 4 is 11.6 Å². The van der Waals surface area contributed by atoms with Gasteiger partial charge in [0.05, 0.1) is 13.2 Å². The minimum Gasteiger partial charge on any atom is -0.395 e. The molecule has 0 saturated heterocycles. The van der Waals surface area contributed by atoms with E-state index in [-0.39, 0.29) is 13.2 Å². The van der Waals surface area contributed by atoms with Crippen LogP contribution in [-0.2, 0) is 6.42 Å². The number of nitrogens with one attached hydrogen (secondary N) is 1. The van der Waals surface area contributed by atoms with Crippen LogP contribution in [0, 0.1) is 0 Å².